The molecule has 0 spiro atoms. The number of nitrogens with one attached hydrogen (secondary N) is 1. The van der Waals surface area contributed by atoms with Gasteiger partial charge in [0.25, 0.3) is 6.01 Å². The van der Waals surface area contributed by atoms with Gasteiger partial charge < -0.3 is 4.74 Å². The van der Waals surface area contributed by atoms with Crippen LogP contribution in [0.25, 0.3) is 39.1 Å². The molecule has 0 radical (unpaired) electrons. The molecule has 1 unspecified atom stereocenters. The summed E-state index contributed by atoms with van der Waals surface area (Å²) in [7, 11) is 0. The molecule has 1 atom stereocenters. The van der Waals surface area contributed by atoms with Crippen LogP contribution in [0, 0.1) is 5.92 Å². The maximum Gasteiger partial charge on any atom is 0.297 e. The second-order valence-electron chi connectivity index (χ2n) is 10.5. The Morgan fingerprint density at radius 3 is 2.61 bits per heavy atom. The largest absolute Gasteiger partial charge is 0.465 e. The smallest absolute Gasteiger partial charge is 0.297 e. The number of ketones is 1. The summed E-state index contributed by atoms with van der Waals surface area (Å²) >= 11 is 0. The Balaban J connectivity index is 1.50. The van der Waals surface area contributed by atoms with Crippen LogP contribution in [0.15, 0.2) is 84.5 Å². The maximum absolute atomic E-state index is 13.0. The number of para-hydroxylation sites is 1. The predicted octanol–water partition coefficient (Wildman–Crippen LogP) is 6.66. The summed E-state index contributed by atoms with van der Waals surface area (Å²) in [6.45, 7) is 11.1. The Morgan fingerprint density at radius 2 is 1.88 bits per heavy atom. The number of carbonyl (C=O) groups is 1. The zero-order valence-corrected chi connectivity index (χ0v) is 23.5. The number of imidazole rings is 1. The summed E-state index contributed by atoms with van der Waals surface area (Å²) in [4.78, 5) is 17.9. The Morgan fingerprint density at radius 1 is 1.05 bits per heavy atom. The van der Waals surface area contributed by atoms with Crippen LogP contribution in [-0.2, 0) is 11.3 Å². The highest BCUT2D eigenvalue weighted by atomic mass is 16.5. The summed E-state index contributed by atoms with van der Waals surface area (Å²) in [5.41, 5.74) is 9.69. The quantitative estimate of drug-likeness (QED) is 0.219. The van der Waals surface area contributed by atoms with E-state index in [0.29, 0.717) is 31.4 Å². The standard InChI is InChI=1S/C33H32N6O2/c1-5-41-33-34-29-13-9-12-26(27-17-24(20(2)3)18-30(40)21(27)4)31(29)39(33)19-22-14-15-25(23-10-7-6-8-11-23)28(16-22)32-35-37-38-36-32/h6-16,24H,2,5,17-19H2,1,3-4H3,(H,35,36,37,38). The molecule has 1 N–H and O–H groups in total. The number of Topliss-reactive ketones (excluding diaryl/α,β-unsaturated/α-hetero) is 1. The monoisotopic (exact) mass is 544 g/mol. The average molecular weight is 545 g/mol. The minimum Gasteiger partial charge on any atom is -0.465 e. The third-order valence-corrected chi connectivity index (χ3v) is 7.88. The molecule has 6 rings (SSSR count). The highest BCUT2D eigenvalue weighted by Crippen LogP contribution is 2.40. The van der Waals surface area contributed by atoms with Crippen molar-refractivity contribution in [1.82, 2.24) is 30.2 Å². The first-order valence-electron chi connectivity index (χ1n) is 13.9. The number of tetrazole rings is 1. The van der Waals surface area contributed by atoms with Gasteiger partial charge in [0.2, 0.25) is 5.82 Å². The summed E-state index contributed by atoms with van der Waals surface area (Å²) in [6, 6.07) is 23.1. The second kappa shape index (κ2) is 11.0. The van der Waals surface area contributed by atoms with Crippen molar-refractivity contribution in [2.75, 3.05) is 6.61 Å². The lowest BCUT2D eigenvalue weighted by Crippen LogP contribution is -2.18. The number of H-pyrrole nitrogens is 1. The summed E-state index contributed by atoms with van der Waals surface area (Å²) in [5.74, 6) is 0.829. The lowest BCUT2D eigenvalue weighted by molar-refractivity contribution is -0.116. The Bertz CT molecular complexity index is 1780. The van der Waals surface area contributed by atoms with Gasteiger partial charge in [-0.1, -0.05) is 66.7 Å². The van der Waals surface area contributed by atoms with E-state index in [1.807, 2.05) is 51.1 Å². The van der Waals surface area contributed by atoms with E-state index in [0.717, 1.165) is 62.0 Å². The number of aromatic nitrogens is 6. The lowest BCUT2D eigenvalue weighted by Gasteiger charge is -2.26. The van der Waals surface area contributed by atoms with Crippen molar-refractivity contribution in [3.63, 3.8) is 0 Å². The summed E-state index contributed by atoms with van der Waals surface area (Å²) in [5, 5.41) is 15.0. The highest BCUT2D eigenvalue weighted by molar-refractivity contribution is 6.06. The van der Waals surface area contributed by atoms with Gasteiger partial charge in [-0.3, -0.25) is 9.36 Å². The molecule has 0 amide bonds. The average Bonchev–Trinajstić information content (AvgIpc) is 3.64. The van der Waals surface area contributed by atoms with E-state index in [4.69, 9.17) is 9.72 Å². The van der Waals surface area contributed by atoms with Gasteiger partial charge in [0.15, 0.2) is 5.78 Å². The predicted molar refractivity (Wildman–Crippen MR) is 160 cm³/mol. The molecule has 41 heavy (non-hydrogen) atoms. The molecular formula is C33H32N6O2. The maximum atomic E-state index is 13.0. The number of ether oxygens (including phenoxy) is 1. The van der Waals surface area contributed by atoms with E-state index in [1.165, 1.54) is 0 Å². The molecular weight excluding hydrogens is 512 g/mol. The zero-order chi connectivity index (χ0) is 28.5. The molecule has 206 valence electrons. The van der Waals surface area contributed by atoms with Crippen LogP contribution in [0.4, 0.5) is 0 Å². The number of allylic oxidation sites excluding steroid dienone is 3. The van der Waals surface area contributed by atoms with E-state index in [9.17, 15) is 4.79 Å². The van der Waals surface area contributed by atoms with Crippen LogP contribution < -0.4 is 4.74 Å². The van der Waals surface area contributed by atoms with Gasteiger partial charge in [-0.25, -0.2) is 0 Å². The molecule has 8 heteroatoms. The van der Waals surface area contributed by atoms with Crippen LogP contribution in [0.3, 0.4) is 0 Å². The van der Waals surface area contributed by atoms with Crippen molar-refractivity contribution >= 4 is 22.4 Å². The minimum absolute atomic E-state index is 0.127. The van der Waals surface area contributed by atoms with Gasteiger partial charge in [0.05, 0.1) is 24.2 Å². The van der Waals surface area contributed by atoms with Crippen LogP contribution in [0.2, 0.25) is 0 Å². The van der Waals surface area contributed by atoms with Crippen molar-refractivity contribution in [1.29, 1.82) is 0 Å². The van der Waals surface area contributed by atoms with E-state index < -0.39 is 0 Å². The number of hydrogen-bond donors (Lipinski definition) is 1. The van der Waals surface area contributed by atoms with Gasteiger partial charge in [0, 0.05) is 17.5 Å². The van der Waals surface area contributed by atoms with Crippen LogP contribution in [0.1, 0.15) is 44.7 Å². The summed E-state index contributed by atoms with van der Waals surface area (Å²) in [6.07, 6.45) is 1.28. The van der Waals surface area contributed by atoms with Crippen molar-refractivity contribution in [2.24, 2.45) is 5.92 Å². The topological polar surface area (TPSA) is 98.6 Å². The van der Waals surface area contributed by atoms with Gasteiger partial charge in [0.1, 0.15) is 0 Å². The molecule has 5 aromatic rings. The molecule has 2 aromatic heterocycles. The number of rotatable bonds is 8. The van der Waals surface area contributed by atoms with Gasteiger partial charge in [-0.2, -0.15) is 10.2 Å². The number of hydrogen-bond acceptors (Lipinski definition) is 6. The minimum atomic E-state index is 0.127. The van der Waals surface area contributed by atoms with Crippen molar-refractivity contribution in [3.8, 4) is 28.5 Å². The van der Waals surface area contributed by atoms with Crippen LogP contribution in [-0.4, -0.2) is 42.6 Å². The Labute approximate surface area is 238 Å². The molecule has 0 aliphatic heterocycles. The van der Waals surface area contributed by atoms with E-state index in [-0.39, 0.29) is 11.7 Å². The Kier molecular flexibility index (Phi) is 7.05. The van der Waals surface area contributed by atoms with Crippen LogP contribution in [0.5, 0.6) is 6.01 Å². The third kappa shape index (κ3) is 4.97. The van der Waals surface area contributed by atoms with Crippen molar-refractivity contribution in [2.45, 2.75) is 40.2 Å². The third-order valence-electron chi connectivity index (χ3n) is 7.88. The van der Waals surface area contributed by atoms with Gasteiger partial charge >= 0.3 is 0 Å². The number of fused-ring (bicyclic) bond motifs is 1. The number of nitrogens with zero attached hydrogens (tertiary/aromatic N) is 5. The zero-order valence-electron chi connectivity index (χ0n) is 23.5. The molecule has 8 nitrogen and oxygen atoms in total. The molecule has 1 aliphatic rings. The molecule has 0 bridgehead atoms. The molecule has 0 fully saturated rings. The lowest BCUT2D eigenvalue weighted by atomic mass is 9.78. The molecule has 0 saturated carbocycles. The number of carbonyl (C=O) groups excluding carboxylic acids is 1. The van der Waals surface area contributed by atoms with Crippen LogP contribution >= 0.6 is 0 Å². The number of benzene rings is 3. The molecule has 1 aliphatic carbocycles. The van der Waals surface area contributed by atoms with Crippen molar-refractivity contribution < 1.29 is 9.53 Å². The molecule has 3 aromatic carbocycles. The fraction of sp³-hybridized carbons (Fsp3) is 0.242. The van der Waals surface area contributed by atoms with Gasteiger partial charge in [-0.15, -0.1) is 10.2 Å². The normalized spacial score (nSPS) is 15.5. The van der Waals surface area contributed by atoms with E-state index >= 15 is 0 Å². The highest BCUT2D eigenvalue weighted by Gasteiger charge is 2.28. The fourth-order valence-electron chi connectivity index (χ4n) is 5.67. The first-order valence-corrected chi connectivity index (χ1v) is 13.9. The second-order valence-corrected chi connectivity index (χ2v) is 10.5. The molecule has 0 saturated heterocycles. The first-order chi connectivity index (χ1) is 19.9. The van der Waals surface area contributed by atoms with E-state index in [1.54, 1.807) is 0 Å². The van der Waals surface area contributed by atoms with E-state index in [2.05, 4.69) is 68.2 Å². The summed E-state index contributed by atoms with van der Waals surface area (Å²) < 4.78 is 8.17. The molecule has 2 heterocycles. The van der Waals surface area contributed by atoms with Gasteiger partial charge in [-0.05, 0) is 78.3 Å². The Hall–Kier alpha value is -4.85. The first kappa shape index (κ1) is 26.4. The van der Waals surface area contributed by atoms with Crippen molar-refractivity contribution in [3.05, 3.63) is 95.6 Å². The fourth-order valence-corrected chi connectivity index (χ4v) is 5.67. The SMILES string of the molecule is C=C(C)C1CC(=O)C(C)=C(c2cccc3nc(OCC)n(Cc4ccc(-c5ccccc5)c(-c5nn[nH]n5)c4)c23)C1. The number of aromatic amines is 1.